The summed E-state index contributed by atoms with van der Waals surface area (Å²) >= 11 is 0. The molecule has 0 bridgehead atoms. The molecule has 1 atom stereocenters. The first-order chi connectivity index (χ1) is 14.5. The number of pyridine rings is 1. The second-order valence-corrected chi connectivity index (χ2v) is 9.85. The van der Waals surface area contributed by atoms with Crippen LogP contribution in [-0.2, 0) is 17.1 Å². The molecule has 0 amide bonds. The van der Waals surface area contributed by atoms with E-state index in [1.54, 1.807) is 13.0 Å². The SMILES string of the molecule is COc1cc(=O)n(C)c(Nc2ccc(C)cc2F)c1NS(=O)(=O)C1(CC(O)CO)CC1. The molecule has 0 radical (unpaired) electrons. The third-order valence-corrected chi connectivity index (χ3v) is 7.62. The fraction of sp³-hybridized carbons (Fsp3) is 0.450. The highest BCUT2D eigenvalue weighted by atomic mass is 32.2. The molecular weight excluding hydrogens is 429 g/mol. The van der Waals surface area contributed by atoms with Crippen molar-refractivity contribution >= 4 is 27.2 Å². The van der Waals surface area contributed by atoms with E-state index in [-0.39, 0.29) is 29.4 Å². The number of ether oxygens (including phenoxy) is 1. The standard InChI is InChI=1S/C20H26FN3O6S/c1-12-4-5-15(14(21)8-12)22-19-18(16(30-3)9-17(27)24(19)2)23-31(28,29)20(6-7-20)10-13(26)11-25/h4-5,8-9,13,22-23,25-26H,6-7,10-11H2,1-3H3. The van der Waals surface area contributed by atoms with Crippen molar-refractivity contribution in [1.82, 2.24) is 4.57 Å². The van der Waals surface area contributed by atoms with Crippen LogP contribution in [0.25, 0.3) is 0 Å². The maximum absolute atomic E-state index is 14.4. The van der Waals surface area contributed by atoms with Gasteiger partial charge in [-0.25, -0.2) is 12.8 Å². The fourth-order valence-corrected chi connectivity index (χ4v) is 5.12. The van der Waals surface area contributed by atoms with Gasteiger partial charge in [0.05, 0.1) is 30.3 Å². The number of aliphatic hydroxyl groups is 2. The number of methoxy groups -OCH3 is 1. The van der Waals surface area contributed by atoms with E-state index >= 15 is 0 Å². The lowest BCUT2D eigenvalue weighted by Crippen LogP contribution is -2.35. The van der Waals surface area contributed by atoms with Crippen molar-refractivity contribution in [1.29, 1.82) is 0 Å². The molecule has 0 aliphatic heterocycles. The van der Waals surface area contributed by atoms with Crippen LogP contribution in [-0.4, -0.2) is 47.8 Å². The molecule has 2 aromatic rings. The zero-order valence-electron chi connectivity index (χ0n) is 17.5. The van der Waals surface area contributed by atoms with Gasteiger partial charge in [-0.2, -0.15) is 0 Å². The van der Waals surface area contributed by atoms with Crippen LogP contribution in [0.1, 0.15) is 24.8 Å². The second kappa shape index (κ2) is 8.48. The minimum absolute atomic E-state index is 0.00538. The first-order valence-corrected chi connectivity index (χ1v) is 11.1. The molecule has 1 aliphatic carbocycles. The van der Waals surface area contributed by atoms with Gasteiger partial charge in [0.2, 0.25) is 10.0 Å². The van der Waals surface area contributed by atoms with Gasteiger partial charge in [-0.15, -0.1) is 0 Å². The molecule has 1 aromatic carbocycles. The van der Waals surface area contributed by atoms with Crippen molar-refractivity contribution in [3.8, 4) is 5.75 Å². The van der Waals surface area contributed by atoms with Crippen LogP contribution < -0.4 is 20.3 Å². The number of sulfonamides is 1. The molecule has 0 saturated heterocycles. The zero-order chi connectivity index (χ0) is 23.0. The third-order valence-electron chi connectivity index (χ3n) is 5.43. The molecule has 11 heteroatoms. The lowest BCUT2D eigenvalue weighted by molar-refractivity contribution is 0.0858. The van der Waals surface area contributed by atoms with E-state index in [1.807, 2.05) is 0 Å². The summed E-state index contributed by atoms with van der Waals surface area (Å²) in [4.78, 5) is 12.4. The van der Waals surface area contributed by atoms with E-state index < -0.39 is 38.9 Å². The molecule has 9 nitrogen and oxygen atoms in total. The Balaban J connectivity index is 2.07. The van der Waals surface area contributed by atoms with Gasteiger partial charge in [0.25, 0.3) is 5.56 Å². The number of halogens is 1. The van der Waals surface area contributed by atoms with Gasteiger partial charge in [0.1, 0.15) is 17.3 Å². The molecule has 0 spiro atoms. The smallest absolute Gasteiger partial charge is 0.255 e. The number of hydrogen-bond acceptors (Lipinski definition) is 7. The molecule has 1 aliphatic rings. The maximum Gasteiger partial charge on any atom is 0.255 e. The quantitative estimate of drug-likeness (QED) is 0.452. The lowest BCUT2D eigenvalue weighted by atomic mass is 10.2. The van der Waals surface area contributed by atoms with Crippen LogP contribution in [0.5, 0.6) is 5.75 Å². The zero-order valence-corrected chi connectivity index (χ0v) is 18.3. The second-order valence-electron chi connectivity index (χ2n) is 7.77. The normalized spacial score (nSPS) is 15.9. The van der Waals surface area contributed by atoms with Crippen molar-refractivity contribution in [3.63, 3.8) is 0 Å². The van der Waals surface area contributed by atoms with Crippen LogP contribution in [0.4, 0.5) is 21.6 Å². The number of nitrogens with one attached hydrogen (secondary N) is 2. The van der Waals surface area contributed by atoms with Gasteiger partial charge in [-0.3, -0.25) is 14.1 Å². The monoisotopic (exact) mass is 455 g/mol. The van der Waals surface area contributed by atoms with Crippen molar-refractivity contribution < 1.29 is 27.8 Å². The summed E-state index contributed by atoms with van der Waals surface area (Å²) in [5.74, 6) is -0.622. The van der Waals surface area contributed by atoms with Crippen LogP contribution in [0.2, 0.25) is 0 Å². The molecule has 170 valence electrons. The van der Waals surface area contributed by atoms with Crippen molar-refractivity contribution in [3.05, 3.63) is 46.0 Å². The van der Waals surface area contributed by atoms with Crippen molar-refractivity contribution in [2.75, 3.05) is 23.8 Å². The number of aryl methyl sites for hydroxylation is 1. The number of anilines is 3. The van der Waals surface area contributed by atoms with Gasteiger partial charge in [0.15, 0.2) is 5.75 Å². The number of nitrogens with zero attached hydrogens (tertiary/aromatic N) is 1. The summed E-state index contributed by atoms with van der Waals surface area (Å²) in [7, 11) is -1.35. The van der Waals surface area contributed by atoms with Crippen LogP contribution in [0.3, 0.4) is 0 Å². The Kier molecular flexibility index (Phi) is 6.30. The van der Waals surface area contributed by atoms with Crippen LogP contribution in [0.15, 0.2) is 29.1 Å². The number of aromatic nitrogens is 1. The van der Waals surface area contributed by atoms with Crippen molar-refractivity contribution in [2.24, 2.45) is 7.05 Å². The Morgan fingerprint density at radius 2 is 2.00 bits per heavy atom. The fourth-order valence-electron chi connectivity index (χ4n) is 3.39. The van der Waals surface area contributed by atoms with Crippen molar-refractivity contribution in [2.45, 2.75) is 37.0 Å². The number of rotatable bonds is 9. The average Bonchev–Trinajstić information content (AvgIpc) is 3.50. The van der Waals surface area contributed by atoms with E-state index in [0.29, 0.717) is 18.4 Å². The molecule has 1 aromatic heterocycles. The van der Waals surface area contributed by atoms with E-state index in [1.165, 1.54) is 26.3 Å². The maximum atomic E-state index is 14.4. The Morgan fingerprint density at radius 3 is 2.55 bits per heavy atom. The van der Waals surface area contributed by atoms with E-state index in [0.717, 1.165) is 10.6 Å². The van der Waals surface area contributed by atoms with Gasteiger partial charge >= 0.3 is 0 Å². The highest BCUT2D eigenvalue weighted by Gasteiger charge is 2.55. The van der Waals surface area contributed by atoms with Gasteiger partial charge in [0, 0.05) is 13.1 Å². The topological polar surface area (TPSA) is 130 Å². The average molecular weight is 456 g/mol. The highest BCUT2D eigenvalue weighted by Crippen LogP contribution is 2.49. The minimum atomic E-state index is -4.05. The van der Waals surface area contributed by atoms with Gasteiger partial charge in [-0.05, 0) is 43.9 Å². The summed E-state index contributed by atoms with van der Waals surface area (Å²) in [6.07, 6.45) is -0.700. The molecule has 3 rings (SSSR count). The molecule has 1 saturated carbocycles. The molecule has 1 heterocycles. The number of aliphatic hydroxyl groups excluding tert-OH is 2. The predicted octanol–water partition coefficient (Wildman–Crippen LogP) is 1.60. The molecule has 4 N–H and O–H groups in total. The van der Waals surface area contributed by atoms with Crippen LogP contribution in [0, 0.1) is 12.7 Å². The Morgan fingerprint density at radius 1 is 1.32 bits per heavy atom. The molecular formula is C20H26FN3O6S. The first kappa shape index (κ1) is 23.0. The largest absolute Gasteiger partial charge is 0.494 e. The Bertz CT molecular complexity index is 1140. The summed E-state index contributed by atoms with van der Waals surface area (Å²) in [5.41, 5.74) is 0.189. The summed E-state index contributed by atoms with van der Waals surface area (Å²) < 4.78 is 48.4. The third kappa shape index (κ3) is 4.53. The molecule has 1 fully saturated rings. The van der Waals surface area contributed by atoms with Gasteiger partial charge in [-0.1, -0.05) is 6.07 Å². The van der Waals surface area contributed by atoms with E-state index in [2.05, 4.69) is 10.0 Å². The number of hydrogen-bond donors (Lipinski definition) is 4. The molecule has 1 unspecified atom stereocenters. The lowest BCUT2D eigenvalue weighted by Gasteiger charge is -2.24. The summed E-state index contributed by atoms with van der Waals surface area (Å²) in [5, 5.41) is 21.7. The van der Waals surface area contributed by atoms with E-state index in [4.69, 9.17) is 9.84 Å². The van der Waals surface area contributed by atoms with Crippen LogP contribution >= 0.6 is 0 Å². The summed E-state index contributed by atoms with van der Waals surface area (Å²) in [6, 6.07) is 5.58. The first-order valence-electron chi connectivity index (χ1n) is 9.66. The summed E-state index contributed by atoms with van der Waals surface area (Å²) in [6.45, 7) is 1.17. The Hall–Kier alpha value is -2.63. The molecule has 31 heavy (non-hydrogen) atoms. The predicted molar refractivity (Wildman–Crippen MR) is 115 cm³/mol. The Labute approximate surface area is 179 Å². The minimum Gasteiger partial charge on any atom is -0.494 e. The highest BCUT2D eigenvalue weighted by molar-refractivity contribution is 7.94. The van der Waals surface area contributed by atoms with Gasteiger partial charge < -0.3 is 20.3 Å². The van der Waals surface area contributed by atoms with E-state index in [9.17, 15) is 22.7 Å². The number of benzene rings is 1.